The first-order valence-corrected chi connectivity index (χ1v) is 7.10. The molecular weight excluding hydrogens is 256 g/mol. The molecule has 108 valence electrons. The second-order valence-corrected chi connectivity index (χ2v) is 5.52. The lowest BCUT2D eigenvalue weighted by Crippen LogP contribution is -2.52. The minimum Gasteiger partial charge on any atom is -0.464 e. The molecular formula is C14H20N4O2. The van der Waals surface area contributed by atoms with Crippen molar-refractivity contribution in [2.24, 2.45) is 0 Å². The van der Waals surface area contributed by atoms with Gasteiger partial charge in [-0.05, 0) is 19.8 Å². The van der Waals surface area contributed by atoms with E-state index >= 15 is 0 Å². The first-order chi connectivity index (χ1) is 9.69. The van der Waals surface area contributed by atoms with Crippen molar-refractivity contribution in [3.63, 3.8) is 0 Å². The first kappa shape index (κ1) is 13.3. The topological polar surface area (TPSA) is 58.6 Å². The molecule has 2 aliphatic rings. The molecule has 6 heteroatoms. The van der Waals surface area contributed by atoms with Crippen LogP contribution in [0.3, 0.4) is 0 Å². The number of hydrogen-bond donors (Lipinski definition) is 0. The zero-order valence-corrected chi connectivity index (χ0v) is 12.0. The number of piperazine rings is 1. The molecule has 1 atom stereocenters. The van der Waals surface area contributed by atoms with Gasteiger partial charge in [0.1, 0.15) is 5.82 Å². The molecule has 3 rings (SSSR count). The summed E-state index contributed by atoms with van der Waals surface area (Å²) in [5.41, 5.74) is 0.250. The van der Waals surface area contributed by atoms with Crippen molar-refractivity contribution in [1.82, 2.24) is 14.9 Å². The molecule has 0 radical (unpaired) electrons. The summed E-state index contributed by atoms with van der Waals surface area (Å²) in [7, 11) is 1.34. The van der Waals surface area contributed by atoms with Crippen molar-refractivity contribution in [2.45, 2.75) is 31.8 Å². The molecule has 1 aliphatic heterocycles. The fourth-order valence-electron chi connectivity index (χ4n) is 2.78. The van der Waals surface area contributed by atoms with Crippen molar-refractivity contribution in [1.29, 1.82) is 0 Å². The standard InChI is InChI=1S/C14H20N4O2/c1-10-9-17(11-3-4-11)5-6-18(10)13-8-15-12(7-16-13)14(19)20-2/h7-8,10-11H,3-6,9H2,1-2H3. The Morgan fingerprint density at radius 3 is 2.65 bits per heavy atom. The smallest absolute Gasteiger partial charge is 0.358 e. The summed E-state index contributed by atoms with van der Waals surface area (Å²) in [4.78, 5) is 24.7. The van der Waals surface area contributed by atoms with Gasteiger partial charge in [-0.2, -0.15) is 0 Å². The van der Waals surface area contributed by atoms with Gasteiger partial charge in [-0.15, -0.1) is 0 Å². The number of carbonyl (C=O) groups excluding carboxylic acids is 1. The fourth-order valence-corrected chi connectivity index (χ4v) is 2.78. The normalized spacial score (nSPS) is 23.7. The summed E-state index contributed by atoms with van der Waals surface area (Å²) in [5.74, 6) is 0.385. The zero-order valence-electron chi connectivity index (χ0n) is 12.0. The third kappa shape index (κ3) is 2.60. The van der Waals surface area contributed by atoms with Crippen LogP contribution in [0.1, 0.15) is 30.3 Å². The molecule has 2 fully saturated rings. The fraction of sp³-hybridized carbons (Fsp3) is 0.643. The van der Waals surface area contributed by atoms with Crippen molar-refractivity contribution >= 4 is 11.8 Å². The van der Waals surface area contributed by atoms with Crippen LogP contribution in [0, 0.1) is 0 Å². The van der Waals surface area contributed by atoms with E-state index < -0.39 is 5.97 Å². The highest BCUT2D eigenvalue weighted by Crippen LogP contribution is 2.29. The molecule has 6 nitrogen and oxygen atoms in total. The minimum absolute atomic E-state index is 0.250. The van der Waals surface area contributed by atoms with Gasteiger partial charge in [0.05, 0.1) is 19.5 Å². The van der Waals surface area contributed by atoms with Gasteiger partial charge in [0, 0.05) is 31.7 Å². The lowest BCUT2D eigenvalue weighted by Gasteiger charge is -2.40. The number of aromatic nitrogens is 2. The van der Waals surface area contributed by atoms with E-state index in [1.807, 2.05) is 0 Å². The van der Waals surface area contributed by atoms with Crippen LogP contribution >= 0.6 is 0 Å². The highest BCUT2D eigenvalue weighted by Gasteiger charge is 2.34. The van der Waals surface area contributed by atoms with Crippen molar-refractivity contribution in [2.75, 3.05) is 31.6 Å². The van der Waals surface area contributed by atoms with E-state index in [1.54, 1.807) is 6.20 Å². The summed E-state index contributed by atoms with van der Waals surface area (Å²) in [6, 6.07) is 1.23. The number of ether oxygens (including phenoxy) is 1. The second-order valence-electron chi connectivity index (χ2n) is 5.52. The van der Waals surface area contributed by atoms with E-state index in [2.05, 4.69) is 31.4 Å². The van der Waals surface area contributed by atoms with E-state index in [4.69, 9.17) is 0 Å². The quantitative estimate of drug-likeness (QED) is 0.766. The number of anilines is 1. The molecule has 1 aromatic rings. The maximum Gasteiger partial charge on any atom is 0.358 e. The maximum absolute atomic E-state index is 11.3. The van der Waals surface area contributed by atoms with Crippen LogP contribution < -0.4 is 4.90 Å². The van der Waals surface area contributed by atoms with Crippen LogP contribution in [-0.2, 0) is 4.74 Å². The Kier molecular flexibility index (Phi) is 3.56. The molecule has 2 heterocycles. The monoisotopic (exact) mass is 276 g/mol. The molecule has 1 saturated heterocycles. The van der Waals surface area contributed by atoms with Crippen LogP contribution in [-0.4, -0.2) is 59.7 Å². The second kappa shape index (κ2) is 5.36. The number of methoxy groups -OCH3 is 1. The van der Waals surface area contributed by atoms with E-state index in [9.17, 15) is 4.79 Å². The summed E-state index contributed by atoms with van der Waals surface area (Å²) >= 11 is 0. The highest BCUT2D eigenvalue weighted by atomic mass is 16.5. The Bertz CT molecular complexity index is 486. The predicted octanol–water partition coefficient (Wildman–Crippen LogP) is 0.936. The Morgan fingerprint density at radius 1 is 1.30 bits per heavy atom. The van der Waals surface area contributed by atoms with Gasteiger partial charge in [-0.3, -0.25) is 4.90 Å². The first-order valence-electron chi connectivity index (χ1n) is 7.10. The van der Waals surface area contributed by atoms with Crippen LogP contribution in [0.4, 0.5) is 5.82 Å². The van der Waals surface area contributed by atoms with Gasteiger partial charge in [0.25, 0.3) is 0 Å². The van der Waals surface area contributed by atoms with Crippen LogP contribution in [0.15, 0.2) is 12.4 Å². The van der Waals surface area contributed by atoms with Gasteiger partial charge in [-0.1, -0.05) is 0 Å². The Labute approximate surface area is 118 Å². The average molecular weight is 276 g/mol. The van der Waals surface area contributed by atoms with Gasteiger partial charge in [-0.25, -0.2) is 14.8 Å². The molecule has 0 bridgehead atoms. The minimum atomic E-state index is -0.448. The summed E-state index contributed by atoms with van der Waals surface area (Å²) in [6.45, 7) is 5.33. The van der Waals surface area contributed by atoms with Crippen molar-refractivity contribution < 1.29 is 9.53 Å². The molecule has 1 unspecified atom stereocenters. The van der Waals surface area contributed by atoms with Gasteiger partial charge >= 0.3 is 5.97 Å². The number of nitrogens with zero attached hydrogens (tertiary/aromatic N) is 4. The van der Waals surface area contributed by atoms with Crippen LogP contribution in [0.5, 0.6) is 0 Å². The van der Waals surface area contributed by atoms with E-state index in [0.717, 1.165) is 31.5 Å². The Hall–Kier alpha value is -1.69. The third-order valence-electron chi connectivity index (χ3n) is 4.05. The largest absolute Gasteiger partial charge is 0.464 e. The molecule has 0 N–H and O–H groups in total. The van der Waals surface area contributed by atoms with Crippen LogP contribution in [0.2, 0.25) is 0 Å². The summed E-state index contributed by atoms with van der Waals surface area (Å²) < 4.78 is 4.63. The number of hydrogen-bond acceptors (Lipinski definition) is 6. The molecule has 1 aliphatic carbocycles. The van der Waals surface area contributed by atoms with E-state index in [-0.39, 0.29) is 5.69 Å². The lowest BCUT2D eigenvalue weighted by molar-refractivity contribution is 0.0593. The summed E-state index contributed by atoms with van der Waals surface area (Å²) in [6.07, 6.45) is 5.84. The van der Waals surface area contributed by atoms with Crippen molar-refractivity contribution in [3.8, 4) is 0 Å². The molecule has 1 aromatic heterocycles. The van der Waals surface area contributed by atoms with Gasteiger partial charge in [0.2, 0.25) is 0 Å². The van der Waals surface area contributed by atoms with Crippen molar-refractivity contribution in [3.05, 3.63) is 18.1 Å². The molecule has 0 amide bonds. The maximum atomic E-state index is 11.3. The van der Waals surface area contributed by atoms with Gasteiger partial charge < -0.3 is 9.64 Å². The highest BCUT2D eigenvalue weighted by molar-refractivity contribution is 5.86. The zero-order chi connectivity index (χ0) is 14.1. The van der Waals surface area contributed by atoms with E-state index in [0.29, 0.717) is 6.04 Å². The molecule has 0 aromatic carbocycles. The third-order valence-corrected chi connectivity index (χ3v) is 4.05. The predicted molar refractivity (Wildman–Crippen MR) is 74.8 cm³/mol. The number of esters is 1. The SMILES string of the molecule is COC(=O)c1cnc(N2CCN(C3CC3)CC2C)cn1. The number of carbonyl (C=O) groups is 1. The number of rotatable bonds is 3. The molecule has 20 heavy (non-hydrogen) atoms. The van der Waals surface area contributed by atoms with E-state index in [1.165, 1.54) is 26.1 Å². The Morgan fingerprint density at radius 2 is 2.10 bits per heavy atom. The van der Waals surface area contributed by atoms with Gasteiger partial charge in [0.15, 0.2) is 5.69 Å². The molecule has 1 saturated carbocycles. The van der Waals surface area contributed by atoms with Crippen LogP contribution in [0.25, 0.3) is 0 Å². The average Bonchev–Trinajstić information content (AvgIpc) is 3.31. The lowest BCUT2D eigenvalue weighted by atomic mass is 10.2. The molecule has 0 spiro atoms. The Balaban J connectivity index is 1.68. The summed E-state index contributed by atoms with van der Waals surface area (Å²) in [5, 5.41) is 0.